The van der Waals surface area contributed by atoms with E-state index in [-0.39, 0.29) is 11.7 Å². The smallest absolute Gasteiger partial charge is 0.245 e. The zero-order valence-electron chi connectivity index (χ0n) is 11.5. The quantitative estimate of drug-likeness (QED) is 0.558. The second-order valence-corrected chi connectivity index (χ2v) is 4.94. The molecule has 1 aliphatic carbocycles. The lowest BCUT2D eigenvalue weighted by Crippen LogP contribution is -2.38. The first-order valence-corrected chi connectivity index (χ1v) is 6.90. The van der Waals surface area contributed by atoms with Gasteiger partial charge in [0.1, 0.15) is 0 Å². The van der Waals surface area contributed by atoms with Crippen LogP contribution < -0.4 is 5.32 Å². The number of ketones is 1. The fraction of sp³-hybridized carbons (Fsp3) is 0.786. The van der Waals surface area contributed by atoms with Crippen molar-refractivity contribution in [3.63, 3.8) is 0 Å². The van der Waals surface area contributed by atoms with Gasteiger partial charge in [0.2, 0.25) is 5.91 Å². The highest BCUT2D eigenvalue weighted by atomic mass is 16.5. The Morgan fingerprint density at radius 1 is 1.37 bits per heavy atom. The van der Waals surface area contributed by atoms with Crippen molar-refractivity contribution in [2.45, 2.75) is 38.5 Å². The van der Waals surface area contributed by atoms with Gasteiger partial charge in [0.25, 0.3) is 0 Å². The molecule has 1 N–H and O–H groups in total. The molecule has 1 unspecified atom stereocenters. The van der Waals surface area contributed by atoms with Gasteiger partial charge in [-0.2, -0.15) is 5.26 Å². The molecule has 1 saturated carbocycles. The summed E-state index contributed by atoms with van der Waals surface area (Å²) in [6.45, 7) is 0.983. The number of carbonyl (C=O) groups is 2. The van der Waals surface area contributed by atoms with Crippen LogP contribution in [0.4, 0.5) is 0 Å². The Labute approximate surface area is 114 Å². The van der Waals surface area contributed by atoms with Crippen molar-refractivity contribution in [3.05, 3.63) is 0 Å². The lowest BCUT2D eigenvalue weighted by atomic mass is 9.82. The summed E-state index contributed by atoms with van der Waals surface area (Å²) < 4.78 is 4.87. The van der Waals surface area contributed by atoms with Gasteiger partial charge in [-0.05, 0) is 19.3 Å². The molecular weight excluding hydrogens is 244 g/mol. The molecular formula is C14H22N2O3. The Morgan fingerprint density at radius 3 is 2.63 bits per heavy atom. The second-order valence-electron chi connectivity index (χ2n) is 4.94. The van der Waals surface area contributed by atoms with E-state index in [1.165, 1.54) is 0 Å². The summed E-state index contributed by atoms with van der Waals surface area (Å²) in [7, 11) is 1.59. The highest BCUT2D eigenvalue weighted by molar-refractivity contribution is 6.04. The van der Waals surface area contributed by atoms with Crippen LogP contribution >= 0.6 is 0 Å². The Morgan fingerprint density at radius 2 is 2.05 bits per heavy atom. The molecule has 0 aliphatic heterocycles. The Balaban J connectivity index is 2.44. The number of Topliss-reactive ketones (excluding diaryl/α,β-unsaturated/α-hetero) is 1. The van der Waals surface area contributed by atoms with E-state index in [0.717, 1.165) is 32.1 Å². The number of nitrogens with one attached hydrogen (secondary N) is 1. The number of ether oxygens (including phenoxy) is 1. The molecule has 5 nitrogen and oxygen atoms in total. The van der Waals surface area contributed by atoms with Crippen LogP contribution in [0.2, 0.25) is 0 Å². The lowest BCUT2D eigenvalue weighted by Gasteiger charge is -2.22. The monoisotopic (exact) mass is 266 g/mol. The summed E-state index contributed by atoms with van der Waals surface area (Å²) in [5.74, 6) is -1.92. The topological polar surface area (TPSA) is 79.2 Å². The Bertz CT molecular complexity index is 343. The van der Waals surface area contributed by atoms with Crippen molar-refractivity contribution < 1.29 is 14.3 Å². The van der Waals surface area contributed by atoms with E-state index in [4.69, 9.17) is 10.00 Å². The van der Waals surface area contributed by atoms with Crippen molar-refractivity contribution in [2.24, 2.45) is 11.8 Å². The van der Waals surface area contributed by atoms with Gasteiger partial charge in [-0.25, -0.2) is 0 Å². The number of nitriles is 1. The number of rotatable bonds is 7. The molecule has 0 saturated heterocycles. The third kappa shape index (κ3) is 4.99. The summed E-state index contributed by atoms with van der Waals surface area (Å²) in [5.41, 5.74) is 0. The zero-order valence-corrected chi connectivity index (χ0v) is 11.5. The summed E-state index contributed by atoms with van der Waals surface area (Å²) in [4.78, 5) is 24.0. The van der Waals surface area contributed by atoms with E-state index in [9.17, 15) is 9.59 Å². The number of hydrogen-bond donors (Lipinski definition) is 1. The van der Waals surface area contributed by atoms with Crippen LogP contribution in [-0.2, 0) is 14.3 Å². The SMILES string of the molecule is COCCCNC(=O)C(C#N)C(=O)C1CCCCC1. The molecule has 0 heterocycles. The lowest BCUT2D eigenvalue weighted by molar-refractivity contribution is -0.134. The van der Waals surface area contributed by atoms with E-state index in [1.54, 1.807) is 7.11 Å². The van der Waals surface area contributed by atoms with Crippen molar-refractivity contribution in [1.82, 2.24) is 5.32 Å². The number of nitrogens with zero attached hydrogens (tertiary/aromatic N) is 1. The van der Waals surface area contributed by atoms with Crippen LogP contribution in [0, 0.1) is 23.2 Å². The van der Waals surface area contributed by atoms with Gasteiger partial charge in [0.05, 0.1) is 6.07 Å². The van der Waals surface area contributed by atoms with Crippen LogP contribution in [0.1, 0.15) is 38.5 Å². The molecule has 0 spiro atoms. The molecule has 0 aromatic heterocycles. The molecule has 0 aromatic carbocycles. The molecule has 1 aliphatic rings. The first kappa shape index (κ1) is 15.6. The zero-order chi connectivity index (χ0) is 14.1. The van der Waals surface area contributed by atoms with Gasteiger partial charge in [-0.15, -0.1) is 0 Å². The maximum Gasteiger partial charge on any atom is 0.245 e. The minimum Gasteiger partial charge on any atom is -0.385 e. The third-order valence-electron chi connectivity index (χ3n) is 3.51. The first-order valence-electron chi connectivity index (χ1n) is 6.90. The van der Waals surface area contributed by atoms with E-state index in [2.05, 4.69) is 5.32 Å². The standard InChI is InChI=1S/C14H22N2O3/c1-19-9-5-8-16-14(18)12(10-15)13(17)11-6-3-2-4-7-11/h11-12H,2-9H2,1H3,(H,16,18). The number of amides is 1. The number of methoxy groups -OCH3 is 1. The first-order chi connectivity index (χ1) is 9.20. The van der Waals surface area contributed by atoms with Crippen molar-refractivity contribution in [3.8, 4) is 6.07 Å². The van der Waals surface area contributed by atoms with Gasteiger partial charge in [0.15, 0.2) is 11.7 Å². The molecule has 0 bridgehead atoms. The van der Waals surface area contributed by atoms with E-state index >= 15 is 0 Å². The summed E-state index contributed by atoms with van der Waals surface area (Å²) in [5, 5.41) is 11.7. The van der Waals surface area contributed by atoms with Crippen molar-refractivity contribution in [2.75, 3.05) is 20.3 Å². The largest absolute Gasteiger partial charge is 0.385 e. The van der Waals surface area contributed by atoms with E-state index < -0.39 is 11.8 Å². The van der Waals surface area contributed by atoms with Crippen molar-refractivity contribution in [1.29, 1.82) is 5.26 Å². The van der Waals surface area contributed by atoms with Crippen LogP contribution in [0.25, 0.3) is 0 Å². The molecule has 1 fully saturated rings. The van der Waals surface area contributed by atoms with Gasteiger partial charge >= 0.3 is 0 Å². The van der Waals surface area contributed by atoms with Crippen LogP contribution in [0.3, 0.4) is 0 Å². The average molecular weight is 266 g/mol. The maximum atomic E-state index is 12.2. The van der Waals surface area contributed by atoms with Crippen LogP contribution in [-0.4, -0.2) is 32.0 Å². The highest BCUT2D eigenvalue weighted by Crippen LogP contribution is 2.26. The van der Waals surface area contributed by atoms with Gasteiger partial charge < -0.3 is 10.1 Å². The minimum absolute atomic E-state index is 0.108. The van der Waals surface area contributed by atoms with E-state index in [1.807, 2.05) is 6.07 Å². The third-order valence-corrected chi connectivity index (χ3v) is 3.51. The fourth-order valence-electron chi connectivity index (χ4n) is 2.40. The molecule has 106 valence electrons. The molecule has 0 aromatic rings. The van der Waals surface area contributed by atoms with Gasteiger partial charge in [0, 0.05) is 26.2 Å². The fourth-order valence-corrected chi connectivity index (χ4v) is 2.40. The van der Waals surface area contributed by atoms with Crippen LogP contribution in [0.15, 0.2) is 0 Å². The average Bonchev–Trinajstić information content (AvgIpc) is 2.45. The summed E-state index contributed by atoms with van der Waals surface area (Å²) >= 11 is 0. The van der Waals surface area contributed by atoms with Crippen LogP contribution in [0.5, 0.6) is 0 Å². The molecule has 1 amide bonds. The van der Waals surface area contributed by atoms with Gasteiger partial charge in [-0.3, -0.25) is 9.59 Å². The number of hydrogen-bond acceptors (Lipinski definition) is 4. The molecule has 5 heteroatoms. The second kappa shape index (κ2) is 8.65. The Kier molecular flexibility index (Phi) is 7.12. The molecule has 0 radical (unpaired) electrons. The normalized spacial score (nSPS) is 17.5. The molecule has 1 rings (SSSR count). The minimum atomic E-state index is -1.15. The summed E-state index contributed by atoms with van der Waals surface area (Å²) in [6.07, 6.45) is 5.48. The predicted molar refractivity (Wildman–Crippen MR) is 70.2 cm³/mol. The highest BCUT2D eigenvalue weighted by Gasteiger charge is 2.32. The maximum absolute atomic E-state index is 12.2. The molecule has 1 atom stereocenters. The molecule has 19 heavy (non-hydrogen) atoms. The Hall–Kier alpha value is -1.41. The van der Waals surface area contributed by atoms with E-state index in [0.29, 0.717) is 19.6 Å². The van der Waals surface area contributed by atoms with Gasteiger partial charge in [-0.1, -0.05) is 19.3 Å². The summed E-state index contributed by atoms with van der Waals surface area (Å²) in [6, 6.07) is 1.85. The van der Waals surface area contributed by atoms with Crippen molar-refractivity contribution >= 4 is 11.7 Å². The predicted octanol–water partition coefficient (Wildman–Crippen LogP) is 1.43. The number of carbonyl (C=O) groups excluding carboxylic acids is 2.